The van der Waals surface area contributed by atoms with Gasteiger partial charge in [0.2, 0.25) is 4.80 Å². The second-order valence-electron chi connectivity index (χ2n) is 5.54. The van der Waals surface area contributed by atoms with Crippen LogP contribution in [-0.2, 0) is 0 Å². The highest BCUT2D eigenvalue weighted by molar-refractivity contribution is 9.11. The number of thiophene rings is 1. The number of aromatic nitrogens is 1. The van der Waals surface area contributed by atoms with Crippen molar-refractivity contribution in [3.05, 3.63) is 66.5 Å². The Hall–Kier alpha value is -1.48. The topological polar surface area (TPSA) is 49.9 Å². The lowest BCUT2D eigenvalue weighted by atomic mass is 10.2. The van der Waals surface area contributed by atoms with E-state index in [1.54, 1.807) is 28.9 Å². The first kappa shape index (κ1) is 19.3. The fraction of sp³-hybridized carbons (Fsp3) is 0.111. The van der Waals surface area contributed by atoms with Crippen LogP contribution in [0.15, 0.2) is 66.2 Å². The molecule has 0 atom stereocenters. The summed E-state index contributed by atoms with van der Waals surface area (Å²) in [7, 11) is 0. The van der Waals surface area contributed by atoms with Gasteiger partial charge in [-0.25, -0.2) is 4.68 Å². The van der Waals surface area contributed by atoms with Crippen molar-refractivity contribution in [1.82, 2.24) is 4.68 Å². The molecule has 0 unspecified atom stereocenters. The van der Waals surface area contributed by atoms with E-state index in [2.05, 4.69) is 60.0 Å². The van der Waals surface area contributed by atoms with E-state index in [9.17, 15) is 5.11 Å². The van der Waals surface area contributed by atoms with Crippen molar-refractivity contribution < 1.29 is 5.11 Å². The van der Waals surface area contributed by atoms with Gasteiger partial charge in [0.1, 0.15) is 5.75 Å². The SMILES string of the molecule is C=C(C)CN=c1scc(-c2cccs2)n1N=Cc1cc(Br)c(O)c(Br)c1. The first-order valence-electron chi connectivity index (χ1n) is 7.57. The molecule has 2 aromatic heterocycles. The van der Waals surface area contributed by atoms with Crippen molar-refractivity contribution in [2.75, 3.05) is 6.54 Å². The van der Waals surface area contributed by atoms with E-state index < -0.39 is 0 Å². The maximum atomic E-state index is 9.85. The molecule has 134 valence electrons. The van der Waals surface area contributed by atoms with Gasteiger partial charge in [-0.1, -0.05) is 18.2 Å². The lowest BCUT2D eigenvalue weighted by molar-refractivity contribution is 0.468. The van der Waals surface area contributed by atoms with Gasteiger partial charge in [0.25, 0.3) is 0 Å². The number of rotatable bonds is 5. The van der Waals surface area contributed by atoms with Crippen molar-refractivity contribution in [3.63, 3.8) is 0 Å². The zero-order valence-electron chi connectivity index (χ0n) is 13.8. The molecule has 0 spiro atoms. The largest absolute Gasteiger partial charge is 0.506 e. The Balaban J connectivity index is 2.06. The van der Waals surface area contributed by atoms with Crippen molar-refractivity contribution in [1.29, 1.82) is 0 Å². The van der Waals surface area contributed by atoms with E-state index in [4.69, 9.17) is 0 Å². The number of thiazole rings is 1. The minimum absolute atomic E-state index is 0.168. The van der Waals surface area contributed by atoms with Crippen LogP contribution in [-0.4, -0.2) is 22.5 Å². The summed E-state index contributed by atoms with van der Waals surface area (Å²) in [6, 6.07) is 7.71. The molecule has 1 N–H and O–H groups in total. The first-order chi connectivity index (χ1) is 12.5. The maximum Gasteiger partial charge on any atom is 0.206 e. The summed E-state index contributed by atoms with van der Waals surface area (Å²) >= 11 is 9.90. The highest BCUT2D eigenvalue weighted by Crippen LogP contribution is 2.33. The number of halogens is 2. The van der Waals surface area contributed by atoms with Crippen LogP contribution in [0.2, 0.25) is 0 Å². The van der Waals surface area contributed by atoms with Crippen LogP contribution in [0.5, 0.6) is 5.75 Å². The van der Waals surface area contributed by atoms with Gasteiger partial charge < -0.3 is 5.11 Å². The minimum atomic E-state index is 0.168. The molecule has 0 aliphatic carbocycles. The Kier molecular flexibility index (Phi) is 6.29. The molecule has 0 aliphatic heterocycles. The van der Waals surface area contributed by atoms with E-state index in [0.717, 1.165) is 26.5 Å². The maximum absolute atomic E-state index is 9.85. The van der Waals surface area contributed by atoms with Crippen molar-refractivity contribution >= 4 is 60.7 Å². The van der Waals surface area contributed by atoms with Crippen molar-refractivity contribution in [3.8, 4) is 16.3 Å². The lowest BCUT2D eigenvalue weighted by Crippen LogP contribution is -2.12. The van der Waals surface area contributed by atoms with Crippen LogP contribution in [0, 0.1) is 0 Å². The quantitative estimate of drug-likeness (QED) is 0.337. The predicted octanol–water partition coefficient (Wildman–Crippen LogP) is 5.87. The highest BCUT2D eigenvalue weighted by Gasteiger charge is 2.09. The number of aromatic hydroxyl groups is 1. The molecule has 0 saturated carbocycles. The van der Waals surface area contributed by atoms with Crippen LogP contribution < -0.4 is 4.80 Å². The standard InChI is InChI=1S/C18H15Br2N3OS2/c1-11(2)8-21-18-23(15(10-26-18)16-4-3-5-25-16)22-9-12-6-13(19)17(24)14(20)7-12/h3-7,9-10,24H,1,8H2,2H3. The molecule has 26 heavy (non-hydrogen) atoms. The van der Waals surface area contributed by atoms with Gasteiger partial charge >= 0.3 is 0 Å². The van der Waals surface area contributed by atoms with E-state index in [0.29, 0.717) is 15.5 Å². The summed E-state index contributed by atoms with van der Waals surface area (Å²) in [5, 5.41) is 18.6. The average molecular weight is 513 g/mol. The molecule has 3 aromatic rings. The second-order valence-corrected chi connectivity index (χ2v) is 9.04. The molecular weight excluding hydrogens is 498 g/mol. The molecule has 0 saturated heterocycles. The van der Waals surface area contributed by atoms with Gasteiger partial charge in [0, 0.05) is 5.38 Å². The number of benzene rings is 1. The van der Waals surface area contributed by atoms with Gasteiger partial charge in [0.05, 0.1) is 32.3 Å². The average Bonchev–Trinajstić information content (AvgIpc) is 3.24. The number of hydrogen-bond donors (Lipinski definition) is 1. The Labute approximate surface area is 176 Å². The summed E-state index contributed by atoms with van der Waals surface area (Å²) < 4.78 is 3.05. The van der Waals surface area contributed by atoms with Crippen molar-refractivity contribution in [2.45, 2.75) is 6.92 Å². The van der Waals surface area contributed by atoms with E-state index in [1.165, 1.54) is 0 Å². The Bertz CT molecular complexity index is 1010. The van der Waals surface area contributed by atoms with E-state index in [-0.39, 0.29) is 5.75 Å². The summed E-state index contributed by atoms with van der Waals surface area (Å²) in [5.74, 6) is 0.168. The predicted molar refractivity (Wildman–Crippen MR) is 117 cm³/mol. The third-order valence-electron chi connectivity index (χ3n) is 3.30. The summed E-state index contributed by atoms with van der Waals surface area (Å²) in [6.45, 7) is 6.43. The number of phenols is 1. The van der Waals surface area contributed by atoms with Gasteiger partial charge in [-0.15, -0.1) is 22.7 Å². The van der Waals surface area contributed by atoms with Crippen LogP contribution in [0.25, 0.3) is 10.6 Å². The van der Waals surface area contributed by atoms with E-state index in [1.807, 2.05) is 35.2 Å². The molecular formula is C18H15Br2N3OS2. The molecule has 0 fully saturated rings. The molecule has 8 heteroatoms. The molecule has 0 aliphatic rings. The van der Waals surface area contributed by atoms with Crippen molar-refractivity contribution in [2.24, 2.45) is 10.1 Å². The first-order valence-corrected chi connectivity index (χ1v) is 10.9. The Morgan fingerprint density at radius 1 is 1.31 bits per heavy atom. The third kappa shape index (κ3) is 4.43. The Morgan fingerprint density at radius 2 is 2.04 bits per heavy atom. The molecule has 0 radical (unpaired) electrons. The highest BCUT2D eigenvalue weighted by atomic mass is 79.9. The smallest absolute Gasteiger partial charge is 0.206 e. The monoisotopic (exact) mass is 511 g/mol. The minimum Gasteiger partial charge on any atom is -0.506 e. The molecule has 2 heterocycles. The normalized spacial score (nSPS) is 12.2. The summed E-state index contributed by atoms with van der Waals surface area (Å²) in [6.07, 6.45) is 1.75. The van der Waals surface area contributed by atoms with Crippen LogP contribution in [0.1, 0.15) is 12.5 Å². The Morgan fingerprint density at radius 3 is 2.65 bits per heavy atom. The molecule has 0 bridgehead atoms. The molecule has 4 nitrogen and oxygen atoms in total. The molecule has 3 rings (SSSR count). The zero-order valence-corrected chi connectivity index (χ0v) is 18.6. The summed E-state index contributed by atoms with van der Waals surface area (Å²) in [4.78, 5) is 6.55. The summed E-state index contributed by atoms with van der Waals surface area (Å²) in [5.41, 5.74) is 2.85. The second kappa shape index (κ2) is 8.47. The zero-order chi connectivity index (χ0) is 18.7. The fourth-order valence-corrected chi connectivity index (χ4v) is 4.95. The molecule has 0 amide bonds. The van der Waals surface area contributed by atoms with Gasteiger partial charge in [-0.3, -0.25) is 4.99 Å². The van der Waals surface area contributed by atoms with Gasteiger partial charge in [-0.2, -0.15) is 5.10 Å². The number of phenolic OH excluding ortho intramolecular Hbond substituents is 1. The number of hydrogen-bond acceptors (Lipinski definition) is 5. The molecule has 1 aromatic carbocycles. The van der Waals surface area contributed by atoms with Crippen LogP contribution >= 0.6 is 54.5 Å². The van der Waals surface area contributed by atoms with Gasteiger partial charge in [0.15, 0.2) is 0 Å². The third-order valence-corrected chi connectivity index (χ3v) is 6.26. The number of nitrogens with zero attached hydrogens (tertiary/aromatic N) is 3. The van der Waals surface area contributed by atoms with Crippen LogP contribution in [0.4, 0.5) is 0 Å². The fourth-order valence-electron chi connectivity index (χ4n) is 2.10. The van der Waals surface area contributed by atoms with Crippen LogP contribution in [0.3, 0.4) is 0 Å². The van der Waals surface area contributed by atoms with E-state index >= 15 is 0 Å². The van der Waals surface area contributed by atoms with Gasteiger partial charge in [-0.05, 0) is 67.9 Å². The lowest BCUT2D eigenvalue weighted by Gasteiger charge is -2.03.